The lowest BCUT2D eigenvalue weighted by atomic mass is 9.70. The predicted molar refractivity (Wildman–Crippen MR) is 89.1 cm³/mol. The van der Waals surface area contributed by atoms with Gasteiger partial charge in [0.2, 0.25) is 0 Å². The highest BCUT2D eigenvalue weighted by molar-refractivity contribution is 5.80. The van der Waals surface area contributed by atoms with Gasteiger partial charge in [0.25, 0.3) is 0 Å². The van der Waals surface area contributed by atoms with E-state index < -0.39 is 48.1 Å². The molecule has 0 amide bonds. The van der Waals surface area contributed by atoms with E-state index in [4.69, 9.17) is 4.74 Å². The summed E-state index contributed by atoms with van der Waals surface area (Å²) in [6.45, 7) is 10.3. The molecule has 160 valence electrons. The van der Waals surface area contributed by atoms with Crippen molar-refractivity contribution in [3.63, 3.8) is 0 Å². The van der Waals surface area contributed by atoms with Crippen molar-refractivity contribution in [3.05, 3.63) is 0 Å². The summed E-state index contributed by atoms with van der Waals surface area (Å²) >= 11 is 0. The third-order valence-electron chi connectivity index (χ3n) is 4.39. The van der Waals surface area contributed by atoms with Crippen molar-refractivity contribution in [3.8, 4) is 0 Å². The Morgan fingerprint density at radius 1 is 0.926 bits per heavy atom. The van der Waals surface area contributed by atoms with Crippen LogP contribution in [0.3, 0.4) is 0 Å². The Balaban J connectivity index is 5.05. The maximum atomic E-state index is 12.8. The number of rotatable bonds is 8. The van der Waals surface area contributed by atoms with Crippen molar-refractivity contribution in [2.45, 2.75) is 79.5 Å². The molecule has 4 nitrogen and oxygen atoms in total. The Morgan fingerprint density at radius 2 is 1.41 bits per heavy atom. The van der Waals surface area contributed by atoms with Gasteiger partial charge >= 0.3 is 24.0 Å². The minimum atomic E-state index is -5.84. The summed E-state index contributed by atoms with van der Waals surface area (Å²) in [6, 6.07) is 0. The summed E-state index contributed by atoms with van der Waals surface area (Å²) < 4.78 is 71.0. The lowest BCUT2D eigenvalue weighted by Crippen LogP contribution is -2.43. The maximum Gasteiger partial charge on any atom is 0.456 e. The smallest absolute Gasteiger partial charge is 0.456 e. The lowest BCUT2D eigenvalue weighted by Gasteiger charge is -2.36. The number of ether oxygens (including phenoxy) is 2. The summed E-state index contributed by atoms with van der Waals surface area (Å²) in [4.78, 5) is 24.2. The first kappa shape index (κ1) is 25.6. The summed E-state index contributed by atoms with van der Waals surface area (Å²) in [5, 5.41) is 0. The van der Waals surface area contributed by atoms with Crippen LogP contribution < -0.4 is 0 Å². The highest BCUT2D eigenvalue weighted by Crippen LogP contribution is 2.39. The molecule has 9 heteroatoms. The van der Waals surface area contributed by atoms with Crippen LogP contribution in [-0.2, 0) is 19.1 Å². The van der Waals surface area contributed by atoms with Crippen LogP contribution in [0, 0.1) is 16.7 Å². The second kappa shape index (κ2) is 8.73. The molecular formula is C18H29F5O4. The normalized spacial score (nSPS) is 15.9. The van der Waals surface area contributed by atoms with Crippen LogP contribution in [0.1, 0.15) is 61.3 Å². The zero-order valence-corrected chi connectivity index (χ0v) is 16.8. The quantitative estimate of drug-likeness (QED) is 0.415. The topological polar surface area (TPSA) is 52.6 Å². The van der Waals surface area contributed by atoms with Gasteiger partial charge in [-0.1, -0.05) is 48.0 Å². The Labute approximate surface area is 156 Å². The lowest BCUT2D eigenvalue weighted by molar-refractivity contribution is -0.294. The van der Waals surface area contributed by atoms with Crippen LogP contribution in [0.15, 0.2) is 0 Å². The van der Waals surface area contributed by atoms with E-state index in [1.807, 2.05) is 41.5 Å². The van der Waals surface area contributed by atoms with Gasteiger partial charge in [-0.15, -0.1) is 0 Å². The molecule has 0 radical (unpaired) electrons. The van der Waals surface area contributed by atoms with E-state index in [9.17, 15) is 31.5 Å². The van der Waals surface area contributed by atoms with Gasteiger partial charge in [0.05, 0.1) is 5.92 Å². The summed E-state index contributed by atoms with van der Waals surface area (Å²) in [5.41, 5.74) is -0.689. The summed E-state index contributed by atoms with van der Waals surface area (Å²) in [6.07, 6.45) is -6.35. The van der Waals surface area contributed by atoms with Crippen LogP contribution in [0.5, 0.6) is 0 Å². The maximum absolute atomic E-state index is 12.8. The van der Waals surface area contributed by atoms with Crippen LogP contribution in [0.2, 0.25) is 0 Å². The zero-order chi connectivity index (χ0) is 21.8. The van der Waals surface area contributed by atoms with Gasteiger partial charge < -0.3 is 9.47 Å². The van der Waals surface area contributed by atoms with Gasteiger partial charge in [-0.25, -0.2) is 4.79 Å². The molecule has 0 heterocycles. The van der Waals surface area contributed by atoms with E-state index in [-0.39, 0.29) is 5.41 Å². The van der Waals surface area contributed by atoms with Gasteiger partial charge in [0.1, 0.15) is 0 Å². The molecular weight excluding hydrogens is 375 g/mol. The van der Waals surface area contributed by atoms with Crippen molar-refractivity contribution >= 4 is 11.9 Å². The first-order valence-electron chi connectivity index (χ1n) is 8.66. The average molecular weight is 404 g/mol. The highest BCUT2D eigenvalue weighted by Gasteiger charge is 2.58. The van der Waals surface area contributed by atoms with E-state index in [1.54, 1.807) is 0 Å². The number of halogens is 5. The van der Waals surface area contributed by atoms with Crippen molar-refractivity contribution in [1.82, 2.24) is 0 Å². The van der Waals surface area contributed by atoms with E-state index >= 15 is 0 Å². The fourth-order valence-corrected chi connectivity index (χ4v) is 2.20. The second-order valence-electron chi connectivity index (χ2n) is 8.55. The molecule has 27 heavy (non-hydrogen) atoms. The molecule has 0 saturated heterocycles. The largest absolute Gasteiger partial charge is 0.456 e. The van der Waals surface area contributed by atoms with Crippen LogP contribution in [0.25, 0.3) is 0 Å². The minimum absolute atomic E-state index is 0.228. The predicted octanol–water partition coefficient (Wildman–Crippen LogP) is 5.15. The van der Waals surface area contributed by atoms with E-state index in [1.165, 1.54) is 0 Å². The first-order valence-corrected chi connectivity index (χ1v) is 8.66. The number of hydrogen-bond acceptors (Lipinski definition) is 4. The molecule has 0 fully saturated rings. The molecule has 2 atom stereocenters. The van der Waals surface area contributed by atoms with Gasteiger partial charge in [-0.3, -0.25) is 4.79 Å². The fourth-order valence-electron chi connectivity index (χ4n) is 2.20. The number of esters is 2. The standard InChI is InChI=1S/C18H29F5O4/c1-8-16(6,7)12(9-15(3,4)5)14(25)27-11(2)13(24)26-10-17(19,20)18(21,22)23/h11-12H,8-10H2,1-7H3. The number of carbonyl (C=O) groups excluding carboxylic acids is 2. The molecule has 0 N–H and O–H groups in total. The third-order valence-corrected chi connectivity index (χ3v) is 4.39. The molecule has 0 aliphatic heterocycles. The van der Waals surface area contributed by atoms with Gasteiger partial charge in [0, 0.05) is 0 Å². The van der Waals surface area contributed by atoms with Crippen LogP contribution >= 0.6 is 0 Å². The SMILES string of the molecule is CCC(C)(C)C(CC(C)(C)C)C(=O)OC(C)C(=O)OCC(F)(F)C(F)(F)F. The van der Waals surface area contributed by atoms with Gasteiger partial charge in [0.15, 0.2) is 12.7 Å². The van der Waals surface area contributed by atoms with Crippen molar-refractivity contribution in [2.24, 2.45) is 16.7 Å². The van der Waals surface area contributed by atoms with Gasteiger partial charge in [-0.2, -0.15) is 22.0 Å². The van der Waals surface area contributed by atoms with Crippen molar-refractivity contribution in [2.75, 3.05) is 6.61 Å². The number of carbonyl (C=O) groups is 2. The zero-order valence-electron chi connectivity index (χ0n) is 16.8. The molecule has 0 spiro atoms. The van der Waals surface area contributed by atoms with Crippen LogP contribution in [-0.4, -0.2) is 36.7 Å². The van der Waals surface area contributed by atoms with E-state index in [2.05, 4.69) is 4.74 Å². The van der Waals surface area contributed by atoms with Crippen LogP contribution in [0.4, 0.5) is 22.0 Å². The van der Waals surface area contributed by atoms with E-state index in [0.29, 0.717) is 12.8 Å². The average Bonchev–Trinajstić information content (AvgIpc) is 2.47. The van der Waals surface area contributed by atoms with Crippen molar-refractivity contribution in [1.29, 1.82) is 0 Å². The molecule has 0 aromatic carbocycles. The third kappa shape index (κ3) is 8.01. The van der Waals surface area contributed by atoms with E-state index in [0.717, 1.165) is 6.92 Å². The molecule has 0 saturated carbocycles. The molecule has 0 bridgehead atoms. The monoisotopic (exact) mass is 404 g/mol. The summed E-state index contributed by atoms with van der Waals surface area (Å²) in [5.74, 6) is -7.94. The second-order valence-corrected chi connectivity index (χ2v) is 8.55. The Morgan fingerprint density at radius 3 is 1.78 bits per heavy atom. The molecule has 0 rings (SSSR count). The molecule has 0 aromatic heterocycles. The van der Waals surface area contributed by atoms with Crippen molar-refractivity contribution < 1.29 is 41.0 Å². The Hall–Kier alpha value is -1.41. The number of hydrogen-bond donors (Lipinski definition) is 0. The summed E-state index contributed by atoms with van der Waals surface area (Å²) in [7, 11) is 0. The molecule has 0 aromatic rings. The Kier molecular flexibility index (Phi) is 8.27. The molecule has 2 unspecified atom stereocenters. The Bertz CT molecular complexity index is 521. The van der Waals surface area contributed by atoms with Gasteiger partial charge in [-0.05, 0) is 24.2 Å². The highest BCUT2D eigenvalue weighted by atomic mass is 19.4. The minimum Gasteiger partial charge on any atom is -0.456 e. The fraction of sp³-hybridized carbons (Fsp3) is 0.889. The molecule has 0 aliphatic carbocycles. The number of alkyl halides is 5. The first-order chi connectivity index (χ1) is 11.8. The molecule has 0 aliphatic rings.